The summed E-state index contributed by atoms with van der Waals surface area (Å²) in [5.74, 6) is -0.0969. The van der Waals surface area contributed by atoms with Crippen LogP contribution >= 0.6 is 0 Å². The lowest BCUT2D eigenvalue weighted by Crippen LogP contribution is -2.34. The zero-order valence-electron chi connectivity index (χ0n) is 9.86. The number of hydrogen-bond donors (Lipinski definition) is 2. The molecule has 0 bridgehead atoms. The number of hydrogen-bond acceptors (Lipinski definition) is 4. The van der Waals surface area contributed by atoms with Crippen LogP contribution in [0.4, 0.5) is 0 Å². The molecule has 0 unspecified atom stereocenters. The molecule has 0 aromatic carbocycles. The quantitative estimate of drug-likeness (QED) is 0.700. The molecule has 2 N–H and O–H groups in total. The van der Waals surface area contributed by atoms with Gasteiger partial charge in [-0.25, -0.2) is 0 Å². The highest BCUT2D eigenvalue weighted by Crippen LogP contribution is 1.97. The van der Waals surface area contributed by atoms with E-state index in [9.17, 15) is 4.79 Å². The smallest absolute Gasteiger partial charge is 0.234 e. The molecule has 0 aliphatic heterocycles. The number of aromatic nitrogens is 1. The standard InChI is InChI=1S/C12H16N4O/c1-10-3-4-11(8-16-10)7-14-9-12(17)15-6-2-5-13/h3-4,8,14H,2,6-7,9H2,1H3,(H,15,17). The lowest BCUT2D eigenvalue weighted by atomic mass is 10.2. The van der Waals surface area contributed by atoms with E-state index in [0.29, 0.717) is 19.5 Å². The van der Waals surface area contributed by atoms with Crippen molar-refractivity contribution in [1.82, 2.24) is 15.6 Å². The second-order valence-electron chi connectivity index (χ2n) is 3.67. The molecule has 0 radical (unpaired) electrons. The Labute approximate surface area is 101 Å². The highest BCUT2D eigenvalue weighted by molar-refractivity contribution is 5.77. The summed E-state index contributed by atoms with van der Waals surface area (Å²) in [5, 5.41) is 14.0. The topological polar surface area (TPSA) is 77.8 Å². The van der Waals surface area contributed by atoms with Crippen LogP contribution in [0.3, 0.4) is 0 Å². The van der Waals surface area contributed by atoms with E-state index in [0.717, 1.165) is 11.3 Å². The molecule has 0 fully saturated rings. The van der Waals surface area contributed by atoms with Gasteiger partial charge < -0.3 is 10.6 Å². The molecule has 0 aliphatic rings. The number of carbonyl (C=O) groups excluding carboxylic acids is 1. The van der Waals surface area contributed by atoms with Gasteiger partial charge in [0, 0.05) is 25.0 Å². The van der Waals surface area contributed by atoms with Crippen molar-refractivity contribution in [2.24, 2.45) is 0 Å². The predicted octanol–water partition coefficient (Wildman–Crippen LogP) is 0.509. The Hall–Kier alpha value is -1.93. The van der Waals surface area contributed by atoms with Crippen LogP contribution in [0.25, 0.3) is 0 Å². The molecule has 0 saturated carbocycles. The summed E-state index contributed by atoms with van der Waals surface area (Å²) in [7, 11) is 0. The minimum absolute atomic E-state index is 0.0969. The van der Waals surface area contributed by atoms with Gasteiger partial charge in [-0.15, -0.1) is 0 Å². The van der Waals surface area contributed by atoms with E-state index in [2.05, 4.69) is 15.6 Å². The van der Waals surface area contributed by atoms with Crippen LogP contribution < -0.4 is 10.6 Å². The molecular weight excluding hydrogens is 216 g/mol. The fourth-order valence-electron chi connectivity index (χ4n) is 1.24. The highest BCUT2D eigenvalue weighted by Gasteiger charge is 1.99. The molecule has 0 aliphatic carbocycles. The number of nitrogens with zero attached hydrogens (tertiary/aromatic N) is 2. The fraction of sp³-hybridized carbons (Fsp3) is 0.417. The highest BCUT2D eigenvalue weighted by atomic mass is 16.1. The van der Waals surface area contributed by atoms with Gasteiger partial charge in [-0.2, -0.15) is 5.26 Å². The largest absolute Gasteiger partial charge is 0.354 e. The normalized spacial score (nSPS) is 9.65. The van der Waals surface area contributed by atoms with Crippen LogP contribution in [0.2, 0.25) is 0 Å². The maximum atomic E-state index is 11.3. The average Bonchev–Trinajstić information content (AvgIpc) is 2.32. The van der Waals surface area contributed by atoms with Gasteiger partial charge in [-0.1, -0.05) is 6.07 Å². The summed E-state index contributed by atoms with van der Waals surface area (Å²) in [6, 6.07) is 5.88. The lowest BCUT2D eigenvalue weighted by molar-refractivity contribution is -0.120. The first-order chi connectivity index (χ1) is 8.22. The molecule has 5 heteroatoms. The molecule has 1 aromatic heterocycles. The monoisotopic (exact) mass is 232 g/mol. The van der Waals surface area contributed by atoms with Crippen molar-refractivity contribution in [2.75, 3.05) is 13.1 Å². The number of amides is 1. The van der Waals surface area contributed by atoms with Crippen LogP contribution in [0.5, 0.6) is 0 Å². The van der Waals surface area contributed by atoms with Crippen LogP contribution in [-0.2, 0) is 11.3 Å². The van der Waals surface area contributed by atoms with Gasteiger partial charge in [-0.3, -0.25) is 9.78 Å². The number of rotatable bonds is 6. The second-order valence-corrected chi connectivity index (χ2v) is 3.67. The summed E-state index contributed by atoms with van der Waals surface area (Å²) in [6.07, 6.45) is 2.13. The zero-order valence-corrected chi connectivity index (χ0v) is 9.86. The maximum Gasteiger partial charge on any atom is 0.234 e. The third-order valence-corrected chi connectivity index (χ3v) is 2.15. The van der Waals surface area contributed by atoms with E-state index in [4.69, 9.17) is 5.26 Å². The van der Waals surface area contributed by atoms with Crippen LogP contribution in [0.15, 0.2) is 18.3 Å². The fourth-order valence-corrected chi connectivity index (χ4v) is 1.24. The van der Waals surface area contributed by atoms with Gasteiger partial charge in [0.25, 0.3) is 0 Å². The van der Waals surface area contributed by atoms with Crippen LogP contribution in [0, 0.1) is 18.3 Å². The molecule has 1 heterocycles. The van der Waals surface area contributed by atoms with Gasteiger partial charge in [0.2, 0.25) is 5.91 Å². The summed E-state index contributed by atoms with van der Waals surface area (Å²) < 4.78 is 0. The Morgan fingerprint density at radius 1 is 1.53 bits per heavy atom. The van der Waals surface area contributed by atoms with Crippen molar-refractivity contribution in [3.05, 3.63) is 29.6 Å². The third-order valence-electron chi connectivity index (χ3n) is 2.15. The van der Waals surface area contributed by atoms with Crippen molar-refractivity contribution < 1.29 is 4.79 Å². The van der Waals surface area contributed by atoms with E-state index in [1.54, 1.807) is 6.20 Å². The Morgan fingerprint density at radius 3 is 3.00 bits per heavy atom. The van der Waals surface area contributed by atoms with Gasteiger partial charge in [0.05, 0.1) is 19.0 Å². The maximum absolute atomic E-state index is 11.3. The number of nitriles is 1. The lowest BCUT2D eigenvalue weighted by Gasteiger charge is -2.05. The van der Waals surface area contributed by atoms with Crippen molar-refractivity contribution in [3.8, 4) is 6.07 Å². The van der Waals surface area contributed by atoms with Crippen molar-refractivity contribution in [2.45, 2.75) is 19.9 Å². The second kappa shape index (κ2) is 7.36. The SMILES string of the molecule is Cc1ccc(CNCC(=O)NCCC#N)cn1. The Kier molecular flexibility index (Phi) is 5.69. The summed E-state index contributed by atoms with van der Waals surface area (Å²) in [6.45, 7) is 3.20. The zero-order chi connectivity index (χ0) is 12.5. The van der Waals surface area contributed by atoms with E-state index in [-0.39, 0.29) is 12.5 Å². The van der Waals surface area contributed by atoms with Crippen molar-refractivity contribution in [1.29, 1.82) is 5.26 Å². The number of carbonyl (C=O) groups is 1. The van der Waals surface area contributed by atoms with E-state index < -0.39 is 0 Å². The van der Waals surface area contributed by atoms with Gasteiger partial charge >= 0.3 is 0 Å². The molecule has 1 amide bonds. The molecule has 0 saturated heterocycles. The minimum atomic E-state index is -0.0969. The molecule has 0 atom stereocenters. The van der Waals surface area contributed by atoms with Crippen LogP contribution in [0.1, 0.15) is 17.7 Å². The van der Waals surface area contributed by atoms with Crippen LogP contribution in [-0.4, -0.2) is 24.0 Å². The first kappa shape index (κ1) is 13.1. The third kappa shape index (κ3) is 5.64. The Bertz CT molecular complexity index is 394. The first-order valence-electron chi connectivity index (χ1n) is 5.48. The number of pyridine rings is 1. The molecular formula is C12H16N4O. The van der Waals surface area contributed by atoms with Gasteiger partial charge in [0.15, 0.2) is 0 Å². The molecule has 1 aromatic rings. The molecule has 0 spiro atoms. The molecule has 17 heavy (non-hydrogen) atoms. The van der Waals surface area contributed by atoms with Crippen molar-refractivity contribution in [3.63, 3.8) is 0 Å². The Balaban J connectivity index is 2.17. The first-order valence-corrected chi connectivity index (χ1v) is 5.48. The average molecular weight is 232 g/mol. The summed E-state index contributed by atoms with van der Waals surface area (Å²) in [4.78, 5) is 15.4. The summed E-state index contributed by atoms with van der Waals surface area (Å²) in [5.41, 5.74) is 2.02. The van der Waals surface area contributed by atoms with E-state index in [1.165, 1.54) is 0 Å². The molecule has 90 valence electrons. The summed E-state index contributed by atoms with van der Waals surface area (Å²) >= 11 is 0. The number of nitrogens with one attached hydrogen (secondary N) is 2. The Morgan fingerprint density at radius 2 is 2.35 bits per heavy atom. The molecule has 1 rings (SSSR count). The predicted molar refractivity (Wildman–Crippen MR) is 63.9 cm³/mol. The van der Waals surface area contributed by atoms with Gasteiger partial charge in [-0.05, 0) is 18.6 Å². The van der Waals surface area contributed by atoms with E-state index >= 15 is 0 Å². The van der Waals surface area contributed by atoms with Crippen molar-refractivity contribution >= 4 is 5.91 Å². The van der Waals surface area contributed by atoms with E-state index in [1.807, 2.05) is 25.1 Å². The molecule has 5 nitrogen and oxygen atoms in total. The minimum Gasteiger partial charge on any atom is -0.354 e. The number of aryl methyl sites for hydroxylation is 1. The van der Waals surface area contributed by atoms with Gasteiger partial charge in [0.1, 0.15) is 0 Å².